The fourth-order valence-electron chi connectivity index (χ4n) is 2.89. The van der Waals surface area contributed by atoms with Gasteiger partial charge < -0.3 is 5.73 Å². The number of rotatable bonds is 2. The highest BCUT2D eigenvalue weighted by Gasteiger charge is 2.18. The van der Waals surface area contributed by atoms with E-state index in [0.717, 1.165) is 37.0 Å². The third-order valence-electron chi connectivity index (χ3n) is 4.10. The van der Waals surface area contributed by atoms with E-state index in [2.05, 4.69) is 0 Å². The molecule has 0 saturated carbocycles. The fraction of sp³-hybridized carbons (Fsp3) is 0.294. The topological polar surface area (TPSA) is 26.0 Å². The molecule has 1 aliphatic carbocycles. The number of nitrogens with two attached hydrogens (primary N) is 1. The molecule has 21 heavy (non-hydrogen) atoms. The largest absolute Gasteiger partial charge is 0.320 e. The summed E-state index contributed by atoms with van der Waals surface area (Å²) in [5, 5.41) is 0. The number of benzene rings is 2. The first-order valence-corrected chi connectivity index (χ1v) is 7.08. The zero-order valence-corrected chi connectivity index (χ0v) is 11.5. The standard InChI is InChI=1S/C17H16F3N/c18-14-8-13(9-15(19)16(14)20)17(21)12-6-5-10-3-1-2-4-11(10)7-12/h5-9,17H,1-4,21H2. The van der Waals surface area contributed by atoms with Crippen molar-refractivity contribution in [2.24, 2.45) is 5.73 Å². The molecule has 0 spiro atoms. The van der Waals surface area contributed by atoms with Crippen LogP contribution in [0.25, 0.3) is 0 Å². The van der Waals surface area contributed by atoms with Crippen LogP contribution in [0.3, 0.4) is 0 Å². The Morgan fingerprint density at radius 1 is 0.810 bits per heavy atom. The van der Waals surface area contributed by atoms with Gasteiger partial charge in [-0.1, -0.05) is 18.2 Å². The molecule has 0 radical (unpaired) electrons. The van der Waals surface area contributed by atoms with E-state index in [0.29, 0.717) is 0 Å². The highest BCUT2D eigenvalue weighted by Crippen LogP contribution is 2.28. The van der Waals surface area contributed by atoms with Crippen LogP contribution in [0.2, 0.25) is 0 Å². The van der Waals surface area contributed by atoms with E-state index >= 15 is 0 Å². The van der Waals surface area contributed by atoms with Gasteiger partial charge in [0.1, 0.15) is 0 Å². The fourth-order valence-corrected chi connectivity index (χ4v) is 2.89. The molecular weight excluding hydrogens is 275 g/mol. The molecule has 3 rings (SSSR count). The highest BCUT2D eigenvalue weighted by molar-refractivity contribution is 5.39. The lowest BCUT2D eigenvalue weighted by molar-refractivity contribution is 0.444. The molecule has 0 fully saturated rings. The molecule has 2 aromatic carbocycles. The Labute approximate surface area is 121 Å². The van der Waals surface area contributed by atoms with Crippen molar-refractivity contribution in [3.8, 4) is 0 Å². The summed E-state index contributed by atoms with van der Waals surface area (Å²) in [6, 6.07) is 7.17. The van der Waals surface area contributed by atoms with Gasteiger partial charge in [0.2, 0.25) is 0 Å². The maximum absolute atomic E-state index is 13.3. The zero-order chi connectivity index (χ0) is 15.0. The van der Waals surface area contributed by atoms with Gasteiger partial charge in [0.05, 0.1) is 6.04 Å². The van der Waals surface area contributed by atoms with E-state index in [-0.39, 0.29) is 5.56 Å². The second-order valence-corrected chi connectivity index (χ2v) is 5.51. The first-order valence-electron chi connectivity index (χ1n) is 7.08. The summed E-state index contributed by atoms with van der Waals surface area (Å²) in [5.74, 6) is -3.88. The summed E-state index contributed by atoms with van der Waals surface area (Å²) in [6.45, 7) is 0. The van der Waals surface area contributed by atoms with Gasteiger partial charge >= 0.3 is 0 Å². The predicted molar refractivity (Wildman–Crippen MR) is 75.4 cm³/mol. The van der Waals surface area contributed by atoms with Crippen LogP contribution in [0.4, 0.5) is 13.2 Å². The molecule has 0 amide bonds. The number of halogens is 3. The Morgan fingerprint density at radius 2 is 1.43 bits per heavy atom. The molecule has 0 saturated heterocycles. The van der Waals surface area contributed by atoms with E-state index in [1.165, 1.54) is 17.5 Å². The van der Waals surface area contributed by atoms with Gasteiger partial charge in [-0.2, -0.15) is 0 Å². The number of hydrogen-bond acceptors (Lipinski definition) is 1. The minimum atomic E-state index is -1.46. The van der Waals surface area contributed by atoms with Crippen molar-refractivity contribution in [2.45, 2.75) is 31.7 Å². The predicted octanol–water partition coefficient (Wildman–Crippen LogP) is 4.03. The Bertz CT molecular complexity index is 659. The van der Waals surface area contributed by atoms with E-state index in [9.17, 15) is 13.2 Å². The highest BCUT2D eigenvalue weighted by atomic mass is 19.2. The first-order chi connectivity index (χ1) is 10.1. The third-order valence-corrected chi connectivity index (χ3v) is 4.10. The molecule has 1 unspecified atom stereocenters. The van der Waals surface area contributed by atoms with Crippen LogP contribution in [0, 0.1) is 17.5 Å². The smallest absolute Gasteiger partial charge is 0.194 e. The minimum Gasteiger partial charge on any atom is -0.320 e. The molecule has 2 aromatic rings. The molecule has 0 aliphatic heterocycles. The summed E-state index contributed by atoms with van der Waals surface area (Å²) < 4.78 is 39.6. The lowest BCUT2D eigenvalue weighted by Gasteiger charge is -2.19. The molecule has 4 heteroatoms. The normalized spacial score (nSPS) is 15.6. The number of hydrogen-bond donors (Lipinski definition) is 1. The molecule has 2 N–H and O–H groups in total. The van der Waals surface area contributed by atoms with Crippen molar-refractivity contribution in [2.75, 3.05) is 0 Å². The summed E-state index contributed by atoms with van der Waals surface area (Å²) >= 11 is 0. The summed E-state index contributed by atoms with van der Waals surface area (Å²) in [5.41, 5.74) is 9.67. The third kappa shape index (κ3) is 2.68. The Hall–Kier alpha value is -1.81. The lowest BCUT2D eigenvalue weighted by Crippen LogP contribution is -2.14. The lowest BCUT2D eigenvalue weighted by atomic mass is 9.88. The van der Waals surface area contributed by atoms with Crippen molar-refractivity contribution in [1.29, 1.82) is 0 Å². The van der Waals surface area contributed by atoms with Gasteiger partial charge in [0.25, 0.3) is 0 Å². The Kier molecular flexibility index (Phi) is 3.72. The van der Waals surface area contributed by atoms with Crippen molar-refractivity contribution >= 4 is 0 Å². The minimum absolute atomic E-state index is 0.238. The average Bonchev–Trinajstić information content (AvgIpc) is 2.51. The SMILES string of the molecule is NC(c1cc(F)c(F)c(F)c1)c1ccc2c(c1)CCCC2. The van der Waals surface area contributed by atoms with Gasteiger partial charge in [-0.25, -0.2) is 13.2 Å². The summed E-state index contributed by atoms with van der Waals surface area (Å²) in [6.07, 6.45) is 4.39. The van der Waals surface area contributed by atoms with Crippen molar-refractivity contribution < 1.29 is 13.2 Å². The van der Waals surface area contributed by atoms with E-state index < -0.39 is 23.5 Å². The van der Waals surface area contributed by atoms with E-state index in [4.69, 9.17) is 5.73 Å². The quantitative estimate of drug-likeness (QED) is 0.831. The van der Waals surface area contributed by atoms with Crippen LogP contribution < -0.4 is 5.73 Å². The molecule has 110 valence electrons. The van der Waals surface area contributed by atoms with Crippen LogP contribution in [0.1, 0.15) is 41.1 Å². The van der Waals surface area contributed by atoms with Gasteiger partial charge in [-0.3, -0.25) is 0 Å². The summed E-state index contributed by atoms with van der Waals surface area (Å²) in [4.78, 5) is 0. The van der Waals surface area contributed by atoms with Gasteiger partial charge in [-0.05, 0) is 60.1 Å². The van der Waals surface area contributed by atoms with Gasteiger partial charge in [0, 0.05) is 0 Å². The Balaban J connectivity index is 1.96. The number of fused-ring (bicyclic) bond motifs is 1. The van der Waals surface area contributed by atoms with E-state index in [1.807, 2.05) is 18.2 Å². The average molecular weight is 291 g/mol. The molecule has 1 aliphatic rings. The van der Waals surface area contributed by atoms with Crippen molar-refractivity contribution in [3.05, 3.63) is 70.0 Å². The van der Waals surface area contributed by atoms with E-state index in [1.54, 1.807) is 0 Å². The van der Waals surface area contributed by atoms with Crippen molar-refractivity contribution in [3.63, 3.8) is 0 Å². The number of aryl methyl sites for hydroxylation is 2. The molecule has 1 atom stereocenters. The van der Waals surface area contributed by atoms with Crippen LogP contribution in [0.15, 0.2) is 30.3 Å². The zero-order valence-electron chi connectivity index (χ0n) is 11.5. The maximum Gasteiger partial charge on any atom is 0.194 e. The summed E-state index contributed by atoms with van der Waals surface area (Å²) in [7, 11) is 0. The molecule has 0 heterocycles. The molecule has 0 bridgehead atoms. The van der Waals surface area contributed by atoms with Crippen LogP contribution in [-0.4, -0.2) is 0 Å². The first kappa shape index (κ1) is 14.1. The molecule has 1 nitrogen and oxygen atoms in total. The molecule has 0 aromatic heterocycles. The molecular formula is C17H16F3N. The van der Waals surface area contributed by atoms with Gasteiger partial charge in [0.15, 0.2) is 17.5 Å². The maximum atomic E-state index is 13.3. The second kappa shape index (κ2) is 5.53. The monoisotopic (exact) mass is 291 g/mol. The van der Waals surface area contributed by atoms with Crippen LogP contribution in [-0.2, 0) is 12.8 Å². The van der Waals surface area contributed by atoms with Gasteiger partial charge in [-0.15, -0.1) is 0 Å². The van der Waals surface area contributed by atoms with Crippen LogP contribution >= 0.6 is 0 Å². The second-order valence-electron chi connectivity index (χ2n) is 5.51. The Morgan fingerprint density at radius 3 is 2.10 bits per heavy atom. The van der Waals surface area contributed by atoms with Crippen LogP contribution in [0.5, 0.6) is 0 Å². The van der Waals surface area contributed by atoms with Crippen molar-refractivity contribution in [1.82, 2.24) is 0 Å².